The van der Waals surface area contributed by atoms with E-state index in [4.69, 9.17) is 0 Å². The summed E-state index contributed by atoms with van der Waals surface area (Å²) in [5, 5.41) is 64.0. The average molecular weight is 837 g/mol. The number of aryl methyl sites for hydroxylation is 2. The lowest BCUT2D eigenvalue weighted by molar-refractivity contribution is -0.301. The van der Waals surface area contributed by atoms with Gasteiger partial charge in [0, 0.05) is 36.6 Å². The Morgan fingerprint density at radius 2 is 0.817 bits per heavy atom. The normalized spacial score (nSPS) is 18.4. The fourth-order valence-corrected chi connectivity index (χ4v) is 7.48. The summed E-state index contributed by atoms with van der Waals surface area (Å²) >= 11 is 0. The molecule has 0 aliphatic heterocycles. The van der Waals surface area contributed by atoms with Crippen LogP contribution >= 0.6 is 0 Å². The van der Waals surface area contributed by atoms with Gasteiger partial charge in [0.05, 0.1) is 59.9 Å². The minimum absolute atomic E-state index is 0.384. The van der Waals surface area contributed by atoms with Gasteiger partial charge in [0.15, 0.2) is 0 Å². The molecule has 0 saturated heterocycles. The third kappa shape index (κ3) is 20.9. The average Bonchev–Trinajstić information content (AvgIpc) is 4.05. The lowest BCUT2D eigenvalue weighted by atomic mass is 9.89. The fourth-order valence-electron chi connectivity index (χ4n) is 7.48. The molecule has 60 heavy (non-hydrogen) atoms. The van der Waals surface area contributed by atoms with E-state index in [0.29, 0.717) is 36.5 Å². The van der Waals surface area contributed by atoms with Crippen LogP contribution in [0.1, 0.15) is 101 Å². The SMILES string of the molecule is CCn1cnc2c1CCC(CNC1CCCC1)C2.CCn1cnc2c1CCC(CNC1CCCC1)C2.O=C([O-])/C=C/C(=O)[O-].O=C([O-])/C=C/C(=O)[O-].O=C([O-])/C=C/C(=O)[O-]. The van der Waals surface area contributed by atoms with E-state index in [2.05, 4.69) is 43.6 Å². The summed E-state index contributed by atoms with van der Waals surface area (Å²) < 4.78 is 4.63. The van der Waals surface area contributed by atoms with Gasteiger partial charge in [0.1, 0.15) is 0 Å². The molecule has 4 aliphatic carbocycles. The Kier molecular flexibility index (Phi) is 23.5. The van der Waals surface area contributed by atoms with Crippen LogP contribution < -0.4 is 41.3 Å². The summed E-state index contributed by atoms with van der Waals surface area (Å²) in [4.78, 5) is 65.7. The van der Waals surface area contributed by atoms with Gasteiger partial charge in [-0.3, -0.25) is 0 Å². The Morgan fingerprint density at radius 3 is 1.07 bits per heavy atom. The second-order valence-corrected chi connectivity index (χ2v) is 14.8. The van der Waals surface area contributed by atoms with Crippen molar-refractivity contribution < 1.29 is 59.4 Å². The van der Waals surface area contributed by atoms with Gasteiger partial charge < -0.3 is 79.2 Å². The maximum absolute atomic E-state index is 9.41. The van der Waals surface area contributed by atoms with Gasteiger partial charge in [-0.05, 0) is 139 Å². The van der Waals surface area contributed by atoms with E-state index < -0.39 is 35.8 Å². The van der Waals surface area contributed by atoms with Gasteiger partial charge >= 0.3 is 0 Å². The van der Waals surface area contributed by atoms with Gasteiger partial charge in [-0.25, -0.2) is 9.97 Å². The van der Waals surface area contributed by atoms with Crippen LogP contribution in [0.3, 0.4) is 0 Å². The smallest absolute Gasteiger partial charge is 0.0951 e. The number of rotatable bonds is 14. The van der Waals surface area contributed by atoms with Crippen molar-refractivity contribution in [3.05, 3.63) is 71.9 Å². The standard InChI is InChI=1S/2C15H25N3.3C4H4O4/c2*1-2-18-11-17-14-9-12(7-8-15(14)18)10-16-13-5-3-4-6-13;3*5-3(6)1-2-4(7)8/h2*11-13,16H,2-10H2,1H3;3*1-2H,(H,5,6)(H,7,8)/p-6/b;;3*2-1+. The van der Waals surface area contributed by atoms with E-state index in [1.807, 2.05) is 12.7 Å². The van der Waals surface area contributed by atoms with E-state index in [-0.39, 0.29) is 0 Å². The molecule has 2 aromatic heterocycles. The molecule has 0 aromatic carbocycles. The van der Waals surface area contributed by atoms with Crippen molar-refractivity contribution in [2.75, 3.05) is 13.1 Å². The van der Waals surface area contributed by atoms with Crippen LogP contribution in [0.5, 0.6) is 0 Å². The zero-order valence-electron chi connectivity index (χ0n) is 34.3. The van der Waals surface area contributed by atoms with E-state index in [9.17, 15) is 59.4 Å². The topological polar surface area (TPSA) is 300 Å². The molecule has 2 atom stereocenters. The maximum atomic E-state index is 9.41. The van der Waals surface area contributed by atoms with E-state index in [1.54, 1.807) is 0 Å². The molecule has 0 radical (unpaired) electrons. The van der Waals surface area contributed by atoms with E-state index in [0.717, 1.165) is 37.0 Å². The summed E-state index contributed by atoms with van der Waals surface area (Å²) in [5.74, 6) is -7.67. The first-order valence-electron chi connectivity index (χ1n) is 20.4. The first-order valence-corrected chi connectivity index (χ1v) is 20.4. The van der Waals surface area contributed by atoms with Crippen LogP contribution in [0.4, 0.5) is 0 Å². The second-order valence-electron chi connectivity index (χ2n) is 14.8. The highest BCUT2D eigenvalue weighted by molar-refractivity contribution is 5.88. The molecule has 2 aromatic rings. The predicted octanol–water partition coefficient (Wildman–Crippen LogP) is -3.79. The van der Waals surface area contributed by atoms with Crippen molar-refractivity contribution >= 4 is 35.8 Å². The first-order chi connectivity index (χ1) is 28.6. The Labute approximate surface area is 350 Å². The highest BCUT2D eigenvalue weighted by Gasteiger charge is 2.25. The van der Waals surface area contributed by atoms with Crippen molar-refractivity contribution in [3.63, 3.8) is 0 Å². The number of fused-ring (bicyclic) bond motifs is 2. The Hall–Kier alpha value is -5.62. The van der Waals surface area contributed by atoms with Gasteiger partial charge in [-0.1, -0.05) is 25.7 Å². The largest absolute Gasteiger partial charge is 0.545 e. The summed E-state index contributed by atoms with van der Waals surface area (Å²) in [6.45, 7) is 8.93. The van der Waals surface area contributed by atoms with Crippen LogP contribution in [0, 0.1) is 11.8 Å². The van der Waals surface area contributed by atoms with Gasteiger partial charge in [-0.2, -0.15) is 0 Å². The number of carbonyl (C=O) groups excluding carboxylic acids is 6. The number of hydrogen-bond donors (Lipinski definition) is 2. The number of carbonyl (C=O) groups is 6. The molecule has 2 saturated carbocycles. The Bertz CT molecular complexity index is 1560. The van der Waals surface area contributed by atoms with Crippen molar-refractivity contribution in [1.29, 1.82) is 0 Å². The van der Waals surface area contributed by atoms with Crippen molar-refractivity contribution in [2.45, 2.75) is 129 Å². The zero-order chi connectivity index (χ0) is 44.5. The van der Waals surface area contributed by atoms with Crippen molar-refractivity contribution in [1.82, 2.24) is 29.7 Å². The molecule has 18 heteroatoms. The number of carboxylic acids is 6. The summed E-state index contributed by atoms with van der Waals surface area (Å²) in [6.07, 6.45) is 25.1. The summed E-state index contributed by atoms with van der Waals surface area (Å²) in [7, 11) is 0. The van der Waals surface area contributed by atoms with Crippen molar-refractivity contribution in [3.8, 4) is 0 Å². The van der Waals surface area contributed by atoms with Crippen LogP contribution in [-0.2, 0) is 67.5 Å². The monoisotopic (exact) mass is 836 g/mol. The minimum Gasteiger partial charge on any atom is -0.545 e. The fraction of sp³-hybridized carbons (Fsp3) is 0.571. The van der Waals surface area contributed by atoms with Gasteiger partial charge in [0.25, 0.3) is 0 Å². The molecular formula is C42H56N6O12-6. The molecule has 2 unspecified atom stereocenters. The molecule has 2 fully saturated rings. The van der Waals surface area contributed by atoms with E-state index >= 15 is 0 Å². The summed E-state index contributed by atoms with van der Waals surface area (Å²) in [5.41, 5.74) is 5.71. The van der Waals surface area contributed by atoms with Crippen molar-refractivity contribution in [2.24, 2.45) is 11.8 Å². The number of imidazole rings is 2. The molecule has 0 bridgehead atoms. The Balaban J connectivity index is 0.000000276. The van der Waals surface area contributed by atoms with Crippen LogP contribution in [-0.4, -0.2) is 80.1 Å². The number of aliphatic carboxylic acids is 6. The molecule has 332 valence electrons. The lowest BCUT2D eigenvalue weighted by Gasteiger charge is -2.24. The molecule has 18 nitrogen and oxygen atoms in total. The number of nitrogens with one attached hydrogen (secondary N) is 2. The van der Waals surface area contributed by atoms with Crippen LogP contribution in [0.15, 0.2) is 49.1 Å². The predicted molar refractivity (Wildman–Crippen MR) is 205 cm³/mol. The van der Waals surface area contributed by atoms with Crippen LogP contribution in [0.25, 0.3) is 0 Å². The minimum atomic E-state index is -1.55. The molecule has 2 heterocycles. The first kappa shape index (κ1) is 50.5. The lowest BCUT2D eigenvalue weighted by Crippen LogP contribution is -2.33. The third-order valence-corrected chi connectivity index (χ3v) is 10.5. The second kappa shape index (κ2) is 28.0. The highest BCUT2D eigenvalue weighted by Crippen LogP contribution is 2.27. The molecule has 0 spiro atoms. The van der Waals surface area contributed by atoms with E-state index in [1.165, 1.54) is 126 Å². The molecule has 2 N–H and O–H groups in total. The highest BCUT2D eigenvalue weighted by atomic mass is 16.4. The van der Waals surface area contributed by atoms with Gasteiger partial charge in [0.2, 0.25) is 0 Å². The maximum Gasteiger partial charge on any atom is 0.0951 e. The molecule has 0 amide bonds. The summed E-state index contributed by atoms with van der Waals surface area (Å²) in [6, 6.07) is 1.61. The quantitative estimate of drug-likeness (QED) is 0.173. The Morgan fingerprint density at radius 1 is 0.533 bits per heavy atom. The third-order valence-electron chi connectivity index (χ3n) is 10.5. The molecule has 6 rings (SSSR count). The number of hydrogen-bond acceptors (Lipinski definition) is 16. The molecule has 4 aliphatic rings. The number of aromatic nitrogens is 4. The number of nitrogens with zero attached hydrogens (tertiary/aromatic N) is 4. The molecular weight excluding hydrogens is 780 g/mol. The van der Waals surface area contributed by atoms with Crippen LogP contribution in [0.2, 0.25) is 0 Å². The van der Waals surface area contributed by atoms with Gasteiger partial charge in [-0.15, -0.1) is 0 Å². The zero-order valence-corrected chi connectivity index (χ0v) is 34.3. The number of carboxylic acid groups (broad SMARTS) is 6.